The number of rotatable bonds is 3. The molecule has 1 heterocycles. The molecule has 0 saturated heterocycles. The molecule has 1 aliphatic heterocycles. The molecule has 0 radical (unpaired) electrons. The molecule has 3 nitrogen and oxygen atoms in total. The predicted molar refractivity (Wildman–Crippen MR) is 88.5 cm³/mol. The molecule has 2 aromatic carbocycles. The minimum absolute atomic E-state index is 0.265. The van der Waals surface area contributed by atoms with Gasteiger partial charge >= 0.3 is 132 Å². The van der Waals surface area contributed by atoms with Crippen LogP contribution in [0.2, 0.25) is 0 Å². The normalized spacial score (nSPS) is 14.3. The Balaban J connectivity index is 1.86. The van der Waals surface area contributed by atoms with Gasteiger partial charge in [-0.05, 0) is 0 Å². The molecule has 1 aliphatic rings. The van der Waals surface area contributed by atoms with E-state index in [0.29, 0.717) is 6.54 Å². The predicted octanol–water partition coefficient (Wildman–Crippen LogP) is 0.972. The van der Waals surface area contributed by atoms with Crippen molar-refractivity contribution >= 4 is 39.6 Å². The third-order valence-corrected chi connectivity index (χ3v) is 6.83. The zero-order chi connectivity index (χ0) is 15.0. The third kappa shape index (κ3) is 3.15. The first-order valence-electron chi connectivity index (χ1n) is 6.79. The maximum absolute atomic E-state index is 11.7. The van der Waals surface area contributed by atoms with Crippen LogP contribution in [0, 0.1) is 6.92 Å². The second-order valence-corrected chi connectivity index (χ2v) is 9.60. The van der Waals surface area contributed by atoms with Crippen molar-refractivity contribution in [2.45, 2.75) is 13.3 Å². The Morgan fingerprint density at radius 3 is 2.38 bits per heavy atom. The van der Waals surface area contributed by atoms with Crippen LogP contribution in [0.15, 0.2) is 42.5 Å². The van der Waals surface area contributed by atoms with Crippen molar-refractivity contribution in [3.8, 4) is 0 Å². The van der Waals surface area contributed by atoms with Gasteiger partial charge in [-0.25, -0.2) is 0 Å². The molecule has 0 saturated carbocycles. The van der Waals surface area contributed by atoms with Gasteiger partial charge in [-0.3, -0.25) is 0 Å². The van der Waals surface area contributed by atoms with Crippen molar-refractivity contribution in [2.75, 3.05) is 17.1 Å². The summed E-state index contributed by atoms with van der Waals surface area (Å²) in [6, 6.07) is 14.8. The van der Waals surface area contributed by atoms with Gasteiger partial charge in [0, 0.05) is 0 Å². The molecular formula is C16H17NO2SSe. The molecule has 0 amide bonds. The average Bonchev–Trinajstić information content (AvgIpc) is 2.84. The number of hydrogen-bond donors (Lipinski definition) is 0. The van der Waals surface area contributed by atoms with Crippen molar-refractivity contribution in [1.29, 1.82) is 0 Å². The molecule has 0 N–H and O–H groups in total. The van der Waals surface area contributed by atoms with Gasteiger partial charge in [0.05, 0.1) is 0 Å². The topological polar surface area (TPSA) is 37.4 Å². The number of nitrogens with zero attached hydrogens (tertiary/aromatic N) is 1. The molecule has 0 fully saturated rings. The van der Waals surface area contributed by atoms with Crippen LogP contribution in [-0.4, -0.2) is 36.2 Å². The molecule has 21 heavy (non-hydrogen) atoms. The summed E-state index contributed by atoms with van der Waals surface area (Å²) in [6.07, 6.45) is 2.08. The quantitative estimate of drug-likeness (QED) is 0.760. The average molecular weight is 366 g/mol. The first-order valence-corrected chi connectivity index (χ1v) is 10.3. The second-order valence-electron chi connectivity index (χ2n) is 5.29. The Morgan fingerprint density at radius 1 is 1.05 bits per heavy atom. The van der Waals surface area contributed by atoms with Crippen LogP contribution in [-0.2, 0) is 16.4 Å². The first-order chi connectivity index (χ1) is 9.93. The number of aryl methyl sites for hydroxylation is 1. The van der Waals surface area contributed by atoms with Gasteiger partial charge in [0.15, 0.2) is 0 Å². The molecule has 0 atom stereocenters. The molecule has 0 unspecified atom stereocenters. The minimum atomic E-state index is -3.15. The molecule has 0 aliphatic carbocycles. The third-order valence-electron chi connectivity index (χ3n) is 3.56. The van der Waals surface area contributed by atoms with Gasteiger partial charge in [-0.15, -0.1) is 0 Å². The summed E-state index contributed by atoms with van der Waals surface area (Å²) >= 11 is 0.265. The fourth-order valence-corrected chi connectivity index (χ4v) is 5.31. The van der Waals surface area contributed by atoms with E-state index >= 15 is 0 Å². The summed E-state index contributed by atoms with van der Waals surface area (Å²) in [5.41, 5.74) is 3.26. The molecule has 0 aromatic heterocycles. The van der Waals surface area contributed by atoms with Gasteiger partial charge in [0.2, 0.25) is 0 Å². The number of fused-ring (bicyclic) bond motifs is 1. The zero-order valence-corrected chi connectivity index (χ0v) is 14.6. The number of benzene rings is 2. The molecular weight excluding hydrogens is 349 g/mol. The van der Waals surface area contributed by atoms with E-state index in [0.717, 1.165) is 17.7 Å². The molecule has 0 bridgehead atoms. The van der Waals surface area contributed by atoms with Crippen molar-refractivity contribution in [3.63, 3.8) is 0 Å². The van der Waals surface area contributed by atoms with E-state index in [1.54, 1.807) is 0 Å². The van der Waals surface area contributed by atoms with Gasteiger partial charge < -0.3 is 0 Å². The van der Waals surface area contributed by atoms with E-state index in [-0.39, 0.29) is 15.0 Å². The first kappa shape index (κ1) is 14.6. The summed E-state index contributed by atoms with van der Waals surface area (Å²) < 4.78 is 27.6. The van der Waals surface area contributed by atoms with Gasteiger partial charge in [-0.2, -0.15) is 0 Å². The van der Waals surface area contributed by atoms with Crippen LogP contribution < -0.4 is 13.2 Å². The van der Waals surface area contributed by atoms with Crippen LogP contribution >= 0.6 is 0 Å². The summed E-state index contributed by atoms with van der Waals surface area (Å²) in [6.45, 7) is 2.65. The van der Waals surface area contributed by atoms with Crippen LogP contribution in [0.1, 0.15) is 11.1 Å². The summed E-state index contributed by atoms with van der Waals surface area (Å²) in [4.78, 5) is 0. The molecule has 3 rings (SSSR count). The Hall–Kier alpha value is -1.29. The van der Waals surface area contributed by atoms with E-state index in [2.05, 4.69) is 43.3 Å². The van der Waals surface area contributed by atoms with E-state index in [4.69, 9.17) is 0 Å². The molecule has 2 aromatic rings. The summed E-state index contributed by atoms with van der Waals surface area (Å²) in [5.74, 6) is 0. The van der Waals surface area contributed by atoms with Crippen LogP contribution in [0.5, 0.6) is 0 Å². The van der Waals surface area contributed by atoms with Crippen molar-refractivity contribution in [1.82, 2.24) is 0 Å². The Kier molecular flexibility index (Phi) is 3.82. The van der Waals surface area contributed by atoms with Crippen LogP contribution in [0.4, 0.5) is 5.69 Å². The SMILES string of the molecule is Cc1ccc([Se]c2ccc3c(c2)CCN3S(C)(=O)=O)cc1. The van der Waals surface area contributed by atoms with Crippen molar-refractivity contribution in [3.05, 3.63) is 53.6 Å². The standard InChI is InChI=1S/C16H17NO2SSe/c1-12-3-5-14(6-4-12)21-15-7-8-16-13(11-15)9-10-17(16)20(2,18)19/h3-8,11H,9-10H2,1-2H3. The number of hydrogen-bond acceptors (Lipinski definition) is 2. The monoisotopic (exact) mass is 367 g/mol. The summed E-state index contributed by atoms with van der Waals surface area (Å²) in [7, 11) is -3.15. The number of anilines is 1. The van der Waals surface area contributed by atoms with Crippen LogP contribution in [0.25, 0.3) is 0 Å². The van der Waals surface area contributed by atoms with Gasteiger partial charge in [0.1, 0.15) is 0 Å². The van der Waals surface area contributed by atoms with Gasteiger partial charge in [0.25, 0.3) is 0 Å². The number of sulfonamides is 1. The Bertz CT molecular complexity index is 769. The van der Waals surface area contributed by atoms with Crippen LogP contribution in [0.3, 0.4) is 0 Å². The maximum atomic E-state index is 11.7. The fourth-order valence-electron chi connectivity index (χ4n) is 2.50. The molecule has 110 valence electrons. The fraction of sp³-hybridized carbons (Fsp3) is 0.250. The van der Waals surface area contributed by atoms with Crippen molar-refractivity contribution in [2.24, 2.45) is 0 Å². The Labute approximate surface area is 132 Å². The van der Waals surface area contributed by atoms with Gasteiger partial charge in [-0.1, -0.05) is 0 Å². The molecule has 5 heteroatoms. The Morgan fingerprint density at radius 2 is 1.71 bits per heavy atom. The zero-order valence-electron chi connectivity index (χ0n) is 12.0. The van der Waals surface area contributed by atoms with Crippen molar-refractivity contribution < 1.29 is 8.42 Å². The van der Waals surface area contributed by atoms with E-state index in [9.17, 15) is 8.42 Å². The summed E-state index contributed by atoms with van der Waals surface area (Å²) in [5, 5.41) is 0. The van der Waals surface area contributed by atoms with E-state index < -0.39 is 10.0 Å². The van der Waals surface area contributed by atoms with E-state index in [1.807, 2.05) is 6.07 Å². The second kappa shape index (κ2) is 5.48. The molecule has 0 spiro atoms. The van der Waals surface area contributed by atoms with E-state index in [1.165, 1.54) is 25.0 Å².